The van der Waals surface area contributed by atoms with Gasteiger partial charge < -0.3 is 5.32 Å². The van der Waals surface area contributed by atoms with Crippen molar-refractivity contribution < 1.29 is 9.18 Å². The monoisotopic (exact) mass is 309 g/mol. The van der Waals surface area contributed by atoms with E-state index in [1.165, 1.54) is 0 Å². The number of alkyl halides is 1. The fraction of sp³-hybridized carbons (Fsp3) is 0.250. The lowest BCUT2D eigenvalue weighted by Gasteiger charge is -2.27. The smallest absolute Gasteiger partial charge is 0.251 e. The first-order chi connectivity index (χ1) is 11.1. The Bertz CT molecular complexity index is 725. The zero-order valence-electron chi connectivity index (χ0n) is 13.0. The Hall–Kier alpha value is -2.42. The molecule has 2 nitrogen and oxygen atoms in total. The molecule has 0 fully saturated rings. The van der Waals surface area contributed by atoms with Crippen molar-refractivity contribution in [2.24, 2.45) is 0 Å². The van der Waals surface area contributed by atoms with E-state index in [0.717, 1.165) is 24.0 Å². The van der Waals surface area contributed by atoms with Crippen LogP contribution in [-0.4, -0.2) is 18.1 Å². The van der Waals surface area contributed by atoms with Crippen LogP contribution in [0.4, 0.5) is 4.39 Å². The molecule has 2 aromatic carbocycles. The Balaban J connectivity index is 1.76. The fourth-order valence-corrected chi connectivity index (χ4v) is 3.09. The molecule has 0 spiro atoms. The van der Waals surface area contributed by atoms with Gasteiger partial charge >= 0.3 is 0 Å². The summed E-state index contributed by atoms with van der Waals surface area (Å²) in [7, 11) is 0. The summed E-state index contributed by atoms with van der Waals surface area (Å²) in [6.45, 7) is 3.95. The van der Waals surface area contributed by atoms with Gasteiger partial charge in [0.2, 0.25) is 0 Å². The van der Waals surface area contributed by atoms with Crippen molar-refractivity contribution in [3.05, 3.63) is 77.9 Å². The second-order valence-corrected chi connectivity index (χ2v) is 6.00. The van der Waals surface area contributed by atoms with E-state index in [1.54, 1.807) is 24.3 Å². The zero-order valence-corrected chi connectivity index (χ0v) is 13.0. The van der Waals surface area contributed by atoms with Crippen molar-refractivity contribution in [2.75, 3.05) is 6.54 Å². The minimum absolute atomic E-state index is 0.0477. The molecule has 0 radical (unpaired) electrons. The quantitative estimate of drug-likeness (QED) is 0.847. The van der Waals surface area contributed by atoms with E-state index in [2.05, 4.69) is 11.9 Å². The predicted octanol–water partition coefficient (Wildman–Crippen LogP) is 4.17. The van der Waals surface area contributed by atoms with E-state index in [1.807, 2.05) is 30.3 Å². The minimum atomic E-state index is -1.60. The molecule has 1 aliphatic carbocycles. The van der Waals surface area contributed by atoms with Gasteiger partial charge in [-0.25, -0.2) is 4.39 Å². The maximum absolute atomic E-state index is 15.5. The molecule has 1 atom stereocenters. The highest BCUT2D eigenvalue weighted by molar-refractivity contribution is 5.94. The number of amides is 1. The first kappa shape index (κ1) is 15.5. The summed E-state index contributed by atoms with van der Waals surface area (Å²) >= 11 is 0. The van der Waals surface area contributed by atoms with Crippen molar-refractivity contribution in [1.29, 1.82) is 0 Å². The van der Waals surface area contributed by atoms with Crippen molar-refractivity contribution in [3.8, 4) is 0 Å². The van der Waals surface area contributed by atoms with Crippen LogP contribution in [-0.2, 0) is 6.42 Å². The number of aryl methyl sites for hydroxylation is 1. The van der Waals surface area contributed by atoms with Gasteiger partial charge in [-0.15, -0.1) is 0 Å². The molecule has 0 saturated carbocycles. The molecule has 1 amide bonds. The normalized spacial score (nSPS) is 20.5. The molecule has 0 aromatic heterocycles. The molecule has 0 aliphatic heterocycles. The topological polar surface area (TPSA) is 29.1 Å². The number of rotatable bonds is 3. The number of nitrogens with one attached hydrogen (secondary N) is 1. The Morgan fingerprint density at radius 1 is 1.13 bits per heavy atom. The van der Waals surface area contributed by atoms with Crippen LogP contribution >= 0.6 is 0 Å². The number of carbonyl (C=O) groups is 1. The van der Waals surface area contributed by atoms with E-state index in [0.29, 0.717) is 17.6 Å². The highest BCUT2D eigenvalue weighted by Crippen LogP contribution is 2.38. The highest BCUT2D eigenvalue weighted by Gasteiger charge is 2.36. The van der Waals surface area contributed by atoms with E-state index in [9.17, 15) is 4.79 Å². The third-order valence-electron chi connectivity index (χ3n) is 4.47. The maximum atomic E-state index is 15.5. The van der Waals surface area contributed by atoms with Gasteiger partial charge in [0.25, 0.3) is 5.91 Å². The van der Waals surface area contributed by atoms with E-state index in [4.69, 9.17) is 0 Å². The number of fused-ring (bicyclic) bond motifs is 1. The van der Waals surface area contributed by atoms with Gasteiger partial charge in [-0.05, 0) is 48.1 Å². The number of hydrogen-bond donors (Lipinski definition) is 1. The summed E-state index contributed by atoms with van der Waals surface area (Å²) in [6, 6.07) is 16.7. The Kier molecular flexibility index (Phi) is 4.28. The van der Waals surface area contributed by atoms with Gasteiger partial charge in [0.05, 0.1) is 6.54 Å². The molecule has 2 aromatic rings. The Morgan fingerprint density at radius 3 is 2.61 bits per heavy atom. The minimum Gasteiger partial charge on any atom is -0.348 e. The number of benzene rings is 2. The summed E-state index contributed by atoms with van der Waals surface area (Å²) in [4.78, 5) is 12.2. The third kappa shape index (κ3) is 3.19. The van der Waals surface area contributed by atoms with Crippen LogP contribution in [0.15, 0.2) is 61.2 Å². The average Bonchev–Trinajstić information content (AvgIpc) is 2.72. The molecular weight excluding hydrogens is 289 g/mol. The van der Waals surface area contributed by atoms with Gasteiger partial charge in [0.1, 0.15) is 0 Å². The van der Waals surface area contributed by atoms with Crippen LogP contribution in [0.3, 0.4) is 0 Å². The average molecular weight is 309 g/mol. The van der Waals surface area contributed by atoms with Crippen LogP contribution in [0.2, 0.25) is 0 Å². The summed E-state index contributed by atoms with van der Waals surface area (Å²) < 4.78 is 15.5. The SMILES string of the molecule is C=C1c2ccccc2CCC[C@@]1(F)CNC(=O)c1ccccc1. The van der Waals surface area contributed by atoms with Gasteiger partial charge in [-0.3, -0.25) is 4.79 Å². The highest BCUT2D eigenvalue weighted by atomic mass is 19.1. The first-order valence-electron chi connectivity index (χ1n) is 7.90. The Labute approximate surface area is 136 Å². The third-order valence-corrected chi connectivity index (χ3v) is 4.47. The lowest BCUT2D eigenvalue weighted by Crippen LogP contribution is -2.40. The van der Waals surface area contributed by atoms with Crippen LogP contribution in [0.5, 0.6) is 0 Å². The molecule has 23 heavy (non-hydrogen) atoms. The lowest BCUT2D eigenvalue weighted by molar-refractivity contribution is 0.0925. The van der Waals surface area contributed by atoms with Crippen molar-refractivity contribution in [1.82, 2.24) is 5.32 Å². The van der Waals surface area contributed by atoms with Gasteiger partial charge in [-0.1, -0.05) is 49.0 Å². The van der Waals surface area contributed by atoms with Crippen LogP contribution in [0.25, 0.3) is 5.57 Å². The second-order valence-electron chi connectivity index (χ2n) is 6.00. The molecule has 118 valence electrons. The van der Waals surface area contributed by atoms with Gasteiger partial charge in [0, 0.05) is 5.56 Å². The fourth-order valence-electron chi connectivity index (χ4n) is 3.09. The Morgan fingerprint density at radius 2 is 1.83 bits per heavy atom. The molecule has 1 aliphatic rings. The molecule has 0 unspecified atom stereocenters. The predicted molar refractivity (Wildman–Crippen MR) is 91.0 cm³/mol. The molecule has 0 heterocycles. The van der Waals surface area contributed by atoms with Crippen molar-refractivity contribution in [2.45, 2.75) is 24.9 Å². The summed E-state index contributed by atoms with van der Waals surface area (Å²) in [5, 5.41) is 2.72. The maximum Gasteiger partial charge on any atom is 0.251 e. The van der Waals surface area contributed by atoms with Crippen LogP contribution in [0, 0.1) is 0 Å². The van der Waals surface area contributed by atoms with E-state index >= 15 is 4.39 Å². The summed E-state index contributed by atoms with van der Waals surface area (Å²) in [5.74, 6) is -0.257. The summed E-state index contributed by atoms with van der Waals surface area (Å²) in [6.07, 6.45) is 1.96. The van der Waals surface area contributed by atoms with Crippen molar-refractivity contribution in [3.63, 3.8) is 0 Å². The summed E-state index contributed by atoms with van der Waals surface area (Å²) in [5.41, 5.74) is 1.42. The van der Waals surface area contributed by atoms with Crippen LogP contribution < -0.4 is 5.32 Å². The molecular formula is C20H20FNO. The number of carbonyl (C=O) groups excluding carboxylic acids is 1. The largest absolute Gasteiger partial charge is 0.348 e. The molecule has 0 bridgehead atoms. The number of hydrogen-bond acceptors (Lipinski definition) is 1. The molecule has 1 N–H and O–H groups in total. The number of halogens is 1. The van der Waals surface area contributed by atoms with E-state index in [-0.39, 0.29) is 12.5 Å². The molecule has 3 rings (SSSR count). The first-order valence-corrected chi connectivity index (χ1v) is 7.90. The standard InChI is InChI=1S/C20H20FNO/c1-15-18-12-6-5-8-16(18)11-7-13-20(15,21)14-22-19(23)17-9-3-2-4-10-17/h2-6,8-10,12H,1,7,11,13-14H2,(H,22,23)/t20-/m1/s1. The van der Waals surface area contributed by atoms with Gasteiger partial charge in [0.15, 0.2) is 5.67 Å². The lowest BCUT2D eigenvalue weighted by atomic mass is 9.88. The molecule has 0 saturated heterocycles. The second kappa shape index (κ2) is 6.37. The van der Waals surface area contributed by atoms with E-state index < -0.39 is 5.67 Å². The zero-order chi connectivity index (χ0) is 16.3. The molecule has 3 heteroatoms. The van der Waals surface area contributed by atoms with Crippen LogP contribution in [0.1, 0.15) is 34.3 Å². The van der Waals surface area contributed by atoms with Gasteiger partial charge in [-0.2, -0.15) is 0 Å². The van der Waals surface area contributed by atoms with Crippen molar-refractivity contribution >= 4 is 11.5 Å².